The highest BCUT2D eigenvalue weighted by Crippen LogP contribution is 2.45. The largest absolute Gasteiger partial charge is 0.330 e. The Hall–Kier alpha value is -2.09. The molecule has 3 rings (SSSR count). The molecule has 24 heavy (non-hydrogen) atoms. The Morgan fingerprint density at radius 1 is 0.667 bits per heavy atom. The summed E-state index contributed by atoms with van der Waals surface area (Å²) in [6.07, 6.45) is 0.736. The van der Waals surface area contributed by atoms with E-state index in [1.54, 1.807) is 0 Å². The summed E-state index contributed by atoms with van der Waals surface area (Å²) in [5.41, 5.74) is 9.02. The van der Waals surface area contributed by atoms with Crippen molar-refractivity contribution in [2.75, 3.05) is 6.54 Å². The Balaban J connectivity index is 2.33. The molecule has 2 heteroatoms. The van der Waals surface area contributed by atoms with Gasteiger partial charge in [-0.15, -0.1) is 11.6 Å². The van der Waals surface area contributed by atoms with Gasteiger partial charge in [-0.05, 0) is 29.7 Å². The van der Waals surface area contributed by atoms with Crippen LogP contribution in [0.1, 0.15) is 23.1 Å². The highest BCUT2D eigenvalue weighted by Gasteiger charge is 2.42. The van der Waals surface area contributed by atoms with E-state index in [0.29, 0.717) is 6.54 Å². The van der Waals surface area contributed by atoms with Crippen molar-refractivity contribution in [1.29, 1.82) is 0 Å². The molecule has 0 bridgehead atoms. The van der Waals surface area contributed by atoms with Crippen LogP contribution < -0.4 is 5.73 Å². The van der Waals surface area contributed by atoms with Gasteiger partial charge in [-0.3, -0.25) is 0 Å². The van der Waals surface area contributed by atoms with Crippen LogP contribution in [0.2, 0.25) is 0 Å². The Morgan fingerprint density at radius 2 is 1.00 bits per heavy atom. The zero-order valence-electron chi connectivity index (χ0n) is 13.6. The van der Waals surface area contributed by atoms with Gasteiger partial charge in [-0.1, -0.05) is 91.0 Å². The molecule has 0 saturated carbocycles. The average molecular weight is 336 g/mol. The minimum absolute atomic E-state index is 0.144. The van der Waals surface area contributed by atoms with Gasteiger partial charge >= 0.3 is 0 Å². The lowest BCUT2D eigenvalue weighted by molar-refractivity contribution is 0.547. The Bertz CT molecular complexity index is 644. The molecule has 3 aromatic rings. The molecule has 0 aliphatic rings. The molecule has 1 unspecified atom stereocenters. The second kappa shape index (κ2) is 7.65. The summed E-state index contributed by atoms with van der Waals surface area (Å²) >= 11 is 7.03. The predicted octanol–water partition coefficient (Wildman–Crippen LogP) is 4.98. The highest BCUT2D eigenvalue weighted by molar-refractivity contribution is 6.22. The SMILES string of the molecule is NCCC(Cl)C(c1ccccc1)(c1ccccc1)c1ccccc1. The Morgan fingerprint density at radius 3 is 1.29 bits per heavy atom. The van der Waals surface area contributed by atoms with Crippen LogP contribution >= 0.6 is 11.6 Å². The monoisotopic (exact) mass is 335 g/mol. The van der Waals surface area contributed by atoms with Gasteiger partial charge in [-0.2, -0.15) is 0 Å². The fourth-order valence-electron chi connectivity index (χ4n) is 3.51. The molecule has 0 amide bonds. The van der Waals surface area contributed by atoms with Gasteiger partial charge in [0.1, 0.15) is 0 Å². The Kier molecular flexibility index (Phi) is 5.34. The lowest BCUT2D eigenvalue weighted by Gasteiger charge is -2.40. The number of hydrogen-bond donors (Lipinski definition) is 1. The van der Waals surface area contributed by atoms with Crippen LogP contribution in [0.25, 0.3) is 0 Å². The normalized spacial score (nSPS) is 12.8. The molecule has 2 N–H and O–H groups in total. The van der Waals surface area contributed by atoms with Gasteiger partial charge in [0.2, 0.25) is 0 Å². The third-order valence-electron chi connectivity index (χ3n) is 4.58. The molecule has 0 aromatic heterocycles. The number of alkyl halides is 1. The molecule has 0 saturated heterocycles. The third kappa shape index (κ3) is 2.98. The molecule has 0 radical (unpaired) electrons. The summed E-state index contributed by atoms with van der Waals surface area (Å²) in [5.74, 6) is 0. The molecule has 0 aliphatic carbocycles. The molecule has 0 heterocycles. The maximum Gasteiger partial charge on any atom is 0.0615 e. The summed E-state index contributed by atoms with van der Waals surface area (Å²) < 4.78 is 0. The van der Waals surface area contributed by atoms with Crippen molar-refractivity contribution in [2.45, 2.75) is 17.2 Å². The standard InChI is InChI=1S/C22H22ClN/c23-21(16-17-24)22(18-10-4-1-5-11-18,19-12-6-2-7-13-19)20-14-8-3-9-15-20/h1-15,21H,16-17,24H2. The fourth-order valence-corrected chi connectivity index (χ4v) is 4.01. The first kappa shape index (κ1) is 16.8. The Labute approximate surface area is 149 Å². The van der Waals surface area contributed by atoms with E-state index in [4.69, 9.17) is 17.3 Å². The number of benzene rings is 3. The van der Waals surface area contributed by atoms with E-state index < -0.39 is 5.41 Å². The molecule has 122 valence electrons. The van der Waals surface area contributed by atoms with Gasteiger partial charge in [0.05, 0.1) is 10.8 Å². The van der Waals surface area contributed by atoms with Crippen molar-refractivity contribution < 1.29 is 0 Å². The van der Waals surface area contributed by atoms with Gasteiger partial charge in [-0.25, -0.2) is 0 Å². The summed E-state index contributed by atoms with van der Waals surface area (Å²) in [4.78, 5) is 0. The van der Waals surface area contributed by atoms with E-state index in [1.807, 2.05) is 18.2 Å². The minimum atomic E-state index is -0.426. The van der Waals surface area contributed by atoms with E-state index in [-0.39, 0.29) is 5.38 Å². The van der Waals surface area contributed by atoms with Gasteiger partial charge in [0.15, 0.2) is 0 Å². The van der Waals surface area contributed by atoms with Crippen LogP contribution in [0.15, 0.2) is 91.0 Å². The zero-order chi connectivity index (χ0) is 16.8. The van der Waals surface area contributed by atoms with Crippen LogP contribution in [0.3, 0.4) is 0 Å². The van der Waals surface area contributed by atoms with E-state index in [9.17, 15) is 0 Å². The smallest absolute Gasteiger partial charge is 0.0615 e. The molecule has 0 aliphatic heterocycles. The predicted molar refractivity (Wildman–Crippen MR) is 103 cm³/mol. The molecule has 3 aromatic carbocycles. The van der Waals surface area contributed by atoms with Crippen molar-refractivity contribution >= 4 is 11.6 Å². The number of nitrogens with two attached hydrogens (primary N) is 1. The number of hydrogen-bond acceptors (Lipinski definition) is 1. The molecular weight excluding hydrogens is 314 g/mol. The van der Waals surface area contributed by atoms with Gasteiger partial charge in [0, 0.05) is 0 Å². The topological polar surface area (TPSA) is 26.0 Å². The third-order valence-corrected chi connectivity index (χ3v) is 5.12. The summed E-state index contributed by atoms with van der Waals surface area (Å²) in [6, 6.07) is 31.5. The van der Waals surface area contributed by atoms with Crippen LogP contribution in [-0.2, 0) is 5.41 Å². The second-order valence-corrected chi connectivity index (χ2v) is 6.48. The van der Waals surface area contributed by atoms with Crippen LogP contribution in [0.4, 0.5) is 0 Å². The number of rotatable bonds is 6. The van der Waals surface area contributed by atoms with Crippen molar-refractivity contribution in [2.24, 2.45) is 5.73 Å². The van der Waals surface area contributed by atoms with Crippen LogP contribution in [0, 0.1) is 0 Å². The lowest BCUT2D eigenvalue weighted by atomic mass is 9.66. The molecule has 1 nitrogen and oxygen atoms in total. The van der Waals surface area contributed by atoms with E-state index in [1.165, 1.54) is 16.7 Å². The maximum atomic E-state index is 7.03. The van der Waals surface area contributed by atoms with E-state index in [0.717, 1.165) is 6.42 Å². The first-order valence-corrected chi connectivity index (χ1v) is 8.74. The van der Waals surface area contributed by atoms with Crippen molar-refractivity contribution in [3.63, 3.8) is 0 Å². The van der Waals surface area contributed by atoms with Crippen LogP contribution in [-0.4, -0.2) is 11.9 Å². The highest BCUT2D eigenvalue weighted by atomic mass is 35.5. The number of halogens is 1. The van der Waals surface area contributed by atoms with Crippen LogP contribution in [0.5, 0.6) is 0 Å². The summed E-state index contributed by atoms with van der Waals surface area (Å²) in [7, 11) is 0. The average Bonchev–Trinajstić information content (AvgIpc) is 2.65. The summed E-state index contributed by atoms with van der Waals surface area (Å²) in [6.45, 7) is 0.558. The zero-order valence-corrected chi connectivity index (χ0v) is 14.4. The maximum absolute atomic E-state index is 7.03. The minimum Gasteiger partial charge on any atom is -0.330 e. The van der Waals surface area contributed by atoms with Crippen molar-refractivity contribution in [3.05, 3.63) is 108 Å². The first-order valence-electron chi connectivity index (χ1n) is 8.31. The second-order valence-electron chi connectivity index (χ2n) is 5.95. The molecule has 1 atom stereocenters. The summed E-state index contributed by atoms with van der Waals surface area (Å²) in [5, 5.41) is -0.144. The van der Waals surface area contributed by atoms with Gasteiger partial charge in [0.25, 0.3) is 0 Å². The van der Waals surface area contributed by atoms with E-state index in [2.05, 4.69) is 72.8 Å². The molecular formula is C22H22ClN. The lowest BCUT2D eigenvalue weighted by Crippen LogP contribution is -2.40. The van der Waals surface area contributed by atoms with E-state index >= 15 is 0 Å². The quantitative estimate of drug-likeness (QED) is 0.499. The van der Waals surface area contributed by atoms with Crippen molar-refractivity contribution in [3.8, 4) is 0 Å². The first-order chi connectivity index (χ1) is 11.8. The molecule has 0 fully saturated rings. The van der Waals surface area contributed by atoms with Gasteiger partial charge < -0.3 is 5.73 Å². The fraction of sp³-hybridized carbons (Fsp3) is 0.182. The van der Waals surface area contributed by atoms with Crippen molar-refractivity contribution in [1.82, 2.24) is 0 Å². The molecule has 0 spiro atoms.